The monoisotopic (exact) mass is 372 g/mol. The third-order valence-corrected chi connectivity index (χ3v) is 5.36. The predicted molar refractivity (Wildman–Crippen MR) is 108 cm³/mol. The van der Waals surface area contributed by atoms with Gasteiger partial charge >= 0.3 is 0 Å². The maximum atomic E-state index is 13.4. The molecule has 0 bridgehead atoms. The van der Waals surface area contributed by atoms with E-state index in [4.69, 9.17) is 0 Å². The maximum Gasteiger partial charge on any atom is 0.254 e. The van der Waals surface area contributed by atoms with Gasteiger partial charge in [0.05, 0.1) is 12.2 Å². The van der Waals surface area contributed by atoms with Crippen LogP contribution in [-0.2, 0) is 6.54 Å². The van der Waals surface area contributed by atoms with E-state index in [9.17, 15) is 4.79 Å². The van der Waals surface area contributed by atoms with Crippen molar-refractivity contribution >= 4 is 5.91 Å². The second-order valence-electron chi connectivity index (χ2n) is 7.25. The molecule has 0 N–H and O–H groups in total. The van der Waals surface area contributed by atoms with E-state index in [2.05, 4.69) is 15.0 Å². The van der Waals surface area contributed by atoms with Gasteiger partial charge in [-0.05, 0) is 42.7 Å². The molecule has 1 amide bonds. The number of carbonyl (C=O) groups is 1. The van der Waals surface area contributed by atoms with Gasteiger partial charge in [-0.1, -0.05) is 37.5 Å². The number of hydrogen-bond acceptors (Lipinski definition) is 4. The molecular formula is C23H24N4O. The summed E-state index contributed by atoms with van der Waals surface area (Å²) in [6.45, 7) is 0.554. The van der Waals surface area contributed by atoms with Gasteiger partial charge in [0, 0.05) is 35.8 Å². The Morgan fingerprint density at radius 2 is 1.68 bits per heavy atom. The summed E-state index contributed by atoms with van der Waals surface area (Å²) >= 11 is 0. The van der Waals surface area contributed by atoms with Crippen molar-refractivity contribution in [3.8, 4) is 11.1 Å². The van der Waals surface area contributed by atoms with Crippen LogP contribution in [0, 0.1) is 0 Å². The zero-order valence-corrected chi connectivity index (χ0v) is 15.9. The smallest absolute Gasteiger partial charge is 0.254 e. The van der Waals surface area contributed by atoms with Crippen molar-refractivity contribution in [1.82, 2.24) is 19.9 Å². The number of nitrogens with zero attached hydrogens (tertiary/aromatic N) is 4. The van der Waals surface area contributed by atoms with Crippen LogP contribution in [0.5, 0.6) is 0 Å². The first-order valence-electron chi connectivity index (χ1n) is 9.87. The van der Waals surface area contributed by atoms with Crippen LogP contribution in [-0.4, -0.2) is 31.8 Å². The lowest BCUT2D eigenvalue weighted by molar-refractivity contribution is 0.0611. The molecule has 1 aromatic carbocycles. The highest BCUT2D eigenvalue weighted by Crippen LogP contribution is 2.26. The topological polar surface area (TPSA) is 59.0 Å². The molecule has 0 spiro atoms. The van der Waals surface area contributed by atoms with Crippen molar-refractivity contribution in [3.05, 3.63) is 78.6 Å². The zero-order valence-electron chi connectivity index (χ0n) is 15.9. The molecule has 1 aliphatic carbocycles. The van der Waals surface area contributed by atoms with Gasteiger partial charge in [-0.15, -0.1) is 0 Å². The molecule has 3 aromatic rings. The van der Waals surface area contributed by atoms with Crippen molar-refractivity contribution in [2.45, 2.75) is 44.7 Å². The first-order chi connectivity index (χ1) is 13.8. The van der Waals surface area contributed by atoms with Crippen LogP contribution in [0.4, 0.5) is 0 Å². The van der Waals surface area contributed by atoms with Crippen LogP contribution in [0.2, 0.25) is 0 Å². The summed E-state index contributed by atoms with van der Waals surface area (Å²) in [6.07, 6.45) is 12.6. The lowest BCUT2D eigenvalue weighted by atomic mass is 9.93. The van der Waals surface area contributed by atoms with Crippen molar-refractivity contribution in [1.29, 1.82) is 0 Å². The predicted octanol–water partition coefficient (Wildman–Crippen LogP) is 4.51. The highest BCUT2D eigenvalue weighted by Gasteiger charge is 2.26. The van der Waals surface area contributed by atoms with Gasteiger partial charge < -0.3 is 4.90 Å². The molecule has 0 radical (unpaired) electrons. The summed E-state index contributed by atoms with van der Waals surface area (Å²) in [7, 11) is 0. The SMILES string of the molecule is O=C(c1ccc(-c2cncnc2)cc1)N(Cc1ccccn1)C1CCCCC1. The van der Waals surface area contributed by atoms with Crippen LogP contribution < -0.4 is 0 Å². The Morgan fingerprint density at radius 3 is 2.36 bits per heavy atom. The first kappa shape index (κ1) is 18.3. The van der Waals surface area contributed by atoms with Crippen LogP contribution in [0.1, 0.15) is 48.2 Å². The van der Waals surface area contributed by atoms with E-state index >= 15 is 0 Å². The maximum absolute atomic E-state index is 13.4. The summed E-state index contributed by atoms with van der Waals surface area (Å²) in [5, 5.41) is 0. The summed E-state index contributed by atoms with van der Waals surface area (Å²) < 4.78 is 0. The lowest BCUT2D eigenvalue weighted by Gasteiger charge is -2.34. The summed E-state index contributed by atoms with van der Waals surface area (Å²) in [5.74, 6) is 0.0772. The Kier molecular flexibility index (Phi) is 5.71. The van der Waals surface area contributed by atoms with Gasteiger partial charge in [-0.25, -0.2) is 9.97 Å². The standard InChI is InChI=1S/C23H24N4O/c28-23(19-11-9-18(10-12-19)20-14-24-17-25-15-20)27(22-7-2-1-3-8-22)16-21-6-4-5-13-26-21/h4-6,9-15,17,22H,1-3,7-8,16H2. The Morgan fingerprint density at radius 1 is 0.929 bits per heavy atom. The molecule has 0 saturated heterocycles. The summed E-state index contributed by atoms with van der Waals surface area (Å²) in [4.78, 5) is 27.9. The van der Waals surface area contributed by atoms with Crippen molar-refractivity contribution in [2.24, 2.45) is 0 Å². The highest BCUT2D eigenvalue weighted by molar-refractivity contribution is 5.95. The van der Waals surface area contributed by atoms with Crippen LogP contribution in [0.3, 0.4) is 0 Å². The van der Waals surface area contributed by atoms with Gasteiger partial charge in [-0.2, -0.15) is 0 Å². The van der Waals surface area contributed by atoms with E-state index < -0.39 is 0 Å². The fraction of sp³-hybridized carbons (Fsp3) is 0.304. The molecular weight excluding hydrogens is 348 g/mol. The Balaban J connectivity index is 1.57. The minimum atomic E-state index is 0.0772. The number of rotatable bonds is 5. The molecule has 2 heterocycles. The van der Waals surface area contributed by atoms with Gasteiger partial charge in [0.1, 0.15) is 6.33 Å². The largest absolute Gasteiger partial charge is 0.330 e. The number of amides is 1. The van der Waals surface area contributed by atoms with Gasteiger partial charge in [0.15, 0.2) is 0 Å². The van der Waals surface area contributed by atoms with E-state index in [1.165, 1.54) is 25.6 Å². The third-order valence-electron chi connectivity index (χ3n) is 5.36. The Labute approximate surface area is 165 Å². The first-order valence-corrected chi connectivity index (χ1v) is 9.87. The molecule has 0 unspecified atom stereocenters. The molecule has 28 heavy (non-hydrogen) atoms. The second kappa shape index (κ2) is 8.74. The van der Waals surface area contributed by atoms with E-state index in [1.807, 2.05) is 47.4 Å². The van der Waals surface area contributed by atoms with Gasteiger partial charge in [0.2, 0.25) is 0 Å². The molecule has 142 valence electrons. The Bertz CT molecular complexity index is 891. The lowest BCUT2D eigenvalue weighted by Crippen LogP contribution is -2.41. The third kappa shape index (κ3) is 4.25. The molecule has 1 saturated carbocycles. The van der Waals surface area contributed by atoms with Crippen molar-refractivity contribution < 1.29 is 4.79 Å². The van der Waals surface area contributed by atoms with Gasteiger partial charge in [0.25, 0.3) is 5.91 Å². The van der Waals surface area contributed by atoms with Crippen LogP contribution in [0.25, 0.3) is 11.1 Å². The van der Waals surface area contributed by atoms with E-state index in [-0.39, 0.29) is 11.9 Å². The molecule has 0 aliphatic heterocycles. The van der Waals surface area contributed by atoms with Crippen LogP contribution in [0.15, 0.2) is 67.4 Å². The van der Waals surface area contributed by atoms with Crippen molar-refractivity contribution in [3.63, 3.8) is 0 Å². The molecule has 5 heteroatoms. The number of hydrogen-bond donors (Lipinski definition) is 0. The molecule has 1 fully saturated rings. The number of aromatic nitrogens is 3. The van der Waals surface area contributed by atoms with E-state index in [0.717, 1.165) is 29.7 Å². The number of benzene rings is 1. The Hall–Kier alpha value is -3.08. The summed E-state index contributed by atoms with van der Waals surface area (Å²) in [5.41, 5.74) is 3.59. The molecule has 1 aliphatic rings. The van der Waals surface area contributed by atoms with E-state index in [0.29, 0.717) is 12.1 Å². The summed E-state index contributed by atoms with van der Waals surface area (Å²) in [6, 6.07) is 13.9. The van der Waals surface area contributed by atoms with Crippen LogP contribution >= 0.6 is 0 Å². The molecule has 0 atom stereocenters. The fourth-order valence-electron chi connectivity index (χ4n) is 3.84. The minimum absolute atomic E-state index is 0.0772. The molecule has 4 rings (SSSR count). The fourth-order valence-corrected chi connectivity index (χ4v) is 3.84. The second-order valence-corrected chi connectivity index (χ2v) is 7.25. The number of carbonyl (C=O) groups excluding carboxylic acids is 1. The van der Waals surface area contributed by atoms with Crippen molar-refractivity contribution in [2.75, 3.05) is 0 Å². The zero-order chi connectivity index (χ0) is 19.2. The molecule has 2 aromatic heterocycles. The van der Waals surface area contributed by atoms with E-state index in [1.54, 1.807) is 18.6 Å². The average Bonchev–Trinajstić information content (AvgIpc) is 2.79. The minimum Gasteiger partial charge on any atom is -0.330 e. The van der Waals surface area contributed by atoms with Gasteiger partial charge in [-0.3, -0.25) is 9.78 Å². The average molecular weight is 372 g/mol. The molecule has 5 nitrogen and oxygen atoms in total. The quantitative estimate of drug-likeness (QED) is 0.661. The normalized spacial score (nSPS) is 14.6. The highest BCUT2D eigenvalue weighted by atomic mass is 16.2. The number of pyridine rings is 1.